The average Bonchev–Trinajstić information content (AvgIpc) is 2.77. The molecule has 7 heteroatoms. The monoisotopic (exact) mass is 252 g/mol. The number of rotatable bonds is 3. The number of aromatic nitrogens is 5. The topological polar surface area (TPSA) is 85.4 Å². The number of anilines is 1. The molecule has 6 nitrogen and oxygen atoms in total. The van der Waals surface area contributed by atoms with Crippen LogP contribution in [0.2, 0.25) is 0 Å². The summed E-state index contributed by atoms with van der Waals surface area (Å²) in [5.41, 5.74) is 7.73. The van der Waals surface area contributed by atoms with Crippen LogP contribution < -0.4 is 5.73 Å². The number of nitrogens with one attached hydrogen (secondary N) is 1. The van der Waals surface area contributed by atoms with Gasteiger partial charge in [-0.05, 0) is 24.6 Å². The predicted molar refractivity (Wildman–Crippen MR) is 67.0 cm³/mol. The van der Waals surface area contributed by atoms with Crippen molar-refractivity contribution in [3.8, 4) is 0 Å². The first kappa shape index (κ1) is 12.0. The second-order valence-electron chi connectivity index (χ2n) is 4.19. The summed E-state index contributed by atoms with van der Waals surface area (Å²) in [6.45, 7) is 6.01. The maximum Gasteiger partial charge on any atom is 0.214 e. The normalized spacial score (nSPS) is 11.4. The van der Waals surface area contributed by atoms with Gasteiger partial charge in [0.2, 0.25) is 5.16 Å². The summed E-state index contributed by atoms with van der Waals surface area (Å²) in [5.74, 6) is 1.10. The Bertz CT molecular complexity index is 527. The molecule has 2 aromatic rings. The van der Waals surface area contributed by atoms with Crippen molar-refractivity contribution >= 4 is 17.4 Å². The molecule has 0 aromatic carbocycles. The quantitative estimate of drug-likeness (QED) is 0.868. The maximum atomic E-state index is 6.09. The van der Waals surface area contributed by atoms with Gasteiger partial charge in [0.05, 0.1) is 11.4 Å². The highest BCUT2D eigenvalue weighted by Crippen LogP contribution is 2.34. The van der Waals surface area contributed by atoms with E-state index in [-0.39, 0.29) is 0 Å². The molecule has 0 aliphatic rings. The van der Waals surface area contributed by atoms with E-state index < -0.39 is 0 Å². The molecule has 3 N–H and O–H groups in total. The lowest BCUT2D eigenvalue weighted by molar-refractivity contribution is 0.670. The lowest BCUT2D eigenvalue weighted by Gasteiger charge is -2.00. The van der Waals surface area contributed by atoms with Gasteiger partial charge in [-0.3, -0.25) is 9.78 Å². The van der Waals surface area contributed by atoms with E-state index in [0.717, 1.165) is 22.2 Å². The molecular formula is C10H16N6S. The highest BCUT2D eigenvalue weighted by molar-refractivity contribution is 7.99. The Morgan fingerprint density at radius 2 is 2.12 bits per heavy atom. The molecule has 0 unspecified atom stereocenters. The molecule has 92 valence electrons. The van der Waals surface area contributed by atoms with Crippen molar-refractivity contribution in [1.29, 1.82) is 0 Å². The van der Waals surface area contributed by atoms with Gasteiger partial charge in [0.1, 0.15) is 10.9 Å². The van der Waals surface area contributed by atoms with Crippen LogP contribution in [0, 0.1) is 6.92 Å². The Morgan fingerprint density at radius 1 is 1.41 bits per heavy atom. The van der Waals surface area contributed by atoms with Gasteiger partial charge >= 0.3 is 0 Å². The second kappa shape index (κ2) is 4.40. The van der Waals surface area contributed by atoms with Crippen molar-refractivity contribution in [2.75, 3.05) is 5.73 Å². The molecule has 17 heavy (non-hydrogen) atoms. The van der Waals surface area contributed by atoms with E-state index in [1.807, 2.05) is 14.0 Å². The summed E-state index contributed by atoms with van der Waals surface area (Å²) < 4.78 is 1.78. The number of hydrogen-bond acceptors (Lipinski definition) is 5. The van der Waals surface area contributed by atoms with Crippen molar-refractivity contribution in [3.63, 3.8) is 0 Å². The SMILES string of the molecule is Cc1nc(Sc2c(N)c(C(C)C)nn2C)n[nH]1. The van der Waals surface area contributed by atoms with Crippen LogP contribution in [0.25, 0.3) is 0 Å². The molecule has 2 aromatic heterocycles. The Labute approximate surface area is 104 Å². The lowest BCUT2D eigenvalue weighted by Crippen LogP contribution is -1.94. The number of aryl methyl sites for hydroxylation is 2. The number of nitrogens with two attached hydrogens (primary N) is 1. The van der Waals surface area contributed by atoms with Crippen LogP contribution in [0.4, 0.5) is 5.69 Å². The first-order chi connectivity index (χ1) is 7.99. The highest BCUT2D eigenvalue weighted by Gasteiger charge is 2.18. The molecule has 2 heterocycles. The minimum absolute atomic E-state index is 0.310. The van der Waals surface area contributed by atoms with Crippen LogP contribution >= 0.6 is 11.8 Å². The van der Waals surface area contributed by atoms with Crippen molar-refractivity contribution < 1.29 is 0 Å². The summed E-state index contributed by atoms with van der Waals surface area (Å²) in [5, 5.41) is 12.8. The summed E-state index contributed by atoms with van der Waals surface area (Å²) in [7, 11) is 1.88. The largest absolute Gasteiger partial charge is 0.395 e. The third-order valence-electron chi connectivity index (χ3n) is 2.37. The first-order valence-corrected chi connectivity index (χ1v) is 6.20. The number of nitrogens with zero attached hydrogens (tertiary/aromatic N) is 4. The highest BCUT2D eigenvalue weighted by atomic mass is 32.2. The Hall–Kier alpha value is -1.50. The fourth-order valence-corrected chi connectivity index (χ4v) is 2.38. The zero-order valence-corrected chi connectivity index (χ0v) is 11.2. The molecule has 0 saturated heterocycles. The third kappa shape index (κ3) is 2.28. The van der Waals surface area contributed by atoms with E-state index in [1.54, 1.807) is 4.68 Å². The molecule has 0 bridgehead atoms. The Balaban J connectivity index is 2.33. The molecule has 2 rings (SSSR count). The summed E-state index contributed by atoms with van der Waals surface area (Å²) in [4.78, 5) is 4.24. The zero-order chi connectivity index (χ0) is 12.6. The Kier molecular flexibility index (Phi) is 3.10. The first-order valence-electron chi connectivity index (χ1n) is 5.38. The van der Waals surface area contributed by atoms with E-state index in [9.17, 15) is 0 Å². The summed E-state index contributed by atoms with van der Waals surface area (Å²) in [6, 6.07) is 0. The molecule has 0 saturated carbocycles. The van der Waals surface area contributed by atoms with Crippen molar-refractivity contribution in [2.24, 2.45) is 7.05 Å². The fraction of sp³-hybridized carbons (Fsp3) is 0.500. The van der Waals surface area contributed by atoms with Gasteiger partial charge < -0.3 is 5.73 Å². The van der Waals surface area contributed by atoms with Crippen LogP contribution in [0.5, 0.6) is 0 Å². The fourth-order valence-electron chi connectivity index (χ4n) is 1.55. The van der Waals surface area contributed by atoms with Gasteiger partial charge in [-0.15, -0.1) is 5.10 Å². The van der Waals surface area contributed by atoms with Gasteiger partial charge in [0, 0.05) is 7.05 Å². The van der Waals surface area contributed by atoms with Crippen molar-refractivity contribution in [1.82, 2.24) is 25.0 Å². The van der Waals surface area contributed by atoms with Gasteiger partial charge in [0.25, 0.3) is 0 Å². The zero-order valence-electron chi connectivity index (χ0n) is 10.4. The molecule has 0 radical (unpaired) electrons. The molecule has 0 aliphatic heterocycles. The van der Waals surface area contributed by atoms with E-state index >= 15 is 0 Å². The lowest BCUT2D eigenvalue weighted by atomic mass is 10.1. The van der Waals surface area contributed by atoms with Gasteiger partial charge in [-0.1, -0.05) is 13.8 Å². The van der Waals surface area contributed by atoms with Crippen LogP contribution in [0.3, 0.4) is 0 Å². The van der Waals surface area contributed by atoms with Gasteiger partial charge in [0.15, 0.2) is 0 Å². The molecule has 0 aliphatic carbocycles. The number of H-pyrrole nitrogens is 1. The minimum atomic E-state index is 0.310. The van der Waals surface area contributed by atoms with E-state index in [2.05, 4.69) is 34.1 Å². The summed E-state index contributed by atoms with van der Waals surface area (Å²) >= 11 is 1.42. The van der Waals surface area contributed by atoms with E-state index in [4.69, 9.17) is 5.73 Å². The third-order valence-corrected chi connectivity index (χ3v) is 3.41. The van der Waals surface area contributed by atoms with E-state index in [1.165, 1.54) is 11.8 Å². The number of aromatic amines is 1. The van der Waals surface area contributed by atoms with Crippen LogP contribution in [0.1, 0.15) is 31.3 Å². The molecule has 0 fully saturated rings. The number of hydrogen-bond donors (Lipinski definition) is 2. The molecular weight excluding hydrogens is 236 g/mol. The molecule has 0 amide bonds. The van der Waals surface area contributed by atoms with Crippen LogP contribution in [-0.4, -0.2) is 25.0 Å². The minimum Gasteiger partial charge on any atom is -0.395 e. The van der Waals surface area contributed by atoms with Crippen LogP contribution in [0.15, 0.2) is 10.2 Å². The molecule has 0 atom stereocenters. The smallest absolute Gasteiger partial charge is 0.214 e. The van der Waals surface area contributed by atoms with Crippen molar-refractivity contribution in [2.45, 2.75) is 36.9 Å². The Morgan fingerprint density at radius 3 is 2.59 bits per heavy atom. The van der Waals surface area contributed by atoms with Gasteiger partial charge in [-0.25, -0.2) is 4.98 Å². The second-order valence-corrected chi connectivity index (χ2v) is 5.14. The number of nitrogen functional groups attached to an aromatic ring is 1. The summed E-state index contributed by atoms with van der Waals surface area (Å²) in [6.07, 6.45) is 0. The van der Waals surface area contributed by atoms with E-state index in [0.29, 0.717) is 11.1 Å². The molecule has 0 spiro atoms. The van der Waals surface area contributed by atoms with Crippen LogP contribution in [-0.2, 0) is 7.05 Å². The van der Waals surface area contributed by atoms with Gasteiger partial charge in [-0.2, -0.15) is 5.10 Å². The predicted octanol–water partition coefficient (Wildman–Crippen LogP) is 1.70. The van der Waals surface area contributed by atoms with Crippen molar-refractivity contribution in [3.05, 3.63) is 11.5 Å². The standard InChI is InChI=1S/C10H16N6S/c1-5(2)8-7(11)9(16(4)15-8)17-10-12-6(3)13-14-10/h5H,11H2,1-4H3,(H,12,13,14). The average molecular weight is 252 g/mol. The maximum absolute atomic E-state index is 6.09.